The van der Waals surface area contributed by atoms with Crippen molar-refractivity contribution in [3.8, 4) is 6.07 Å². The van der Waals surface area contributed by atoms with Crippen LogP contribution in [0.1, 0.15) is 17.5 Å². The van der Waals surface area contributed by atoms with Crippen LogP contribution in [0.5, 0.6) is 0 Å². The van der Waals surface area contributed by atoms with E-state index in [-0.39, 0.29) is 16.9 Å². The molecular weight excluding hydrogens is 417 g/mol. The summed E-state index contributed by atoms with van der Waals surface area (Å²) in [7, 11) is -4.22. The Balaban J connectivity index is 1.79. The number of rotatable bonds is 4. The summed E-state index contributed by atoms with van der Waals surface area (Å²) in [4.78, 5) is 13.0. The predicted molar refractivity (Wildman–Crippen MR) is 114 cm³/mol. The van der Waals surface area contributed by atoms with Crippen LogP contribution in [-0.4, -0.2) is 20.4 Å². The van der Waals surface area contributed by atoms with Crippen molar-refractivity contribution in [2.45, 2.75) is 23.8 Å². The number of nitrogens with one attached hydrogen (secondary N) is 1. The molecule has 8 heteroatoms. The molecule has 4 rings (SSSR count). The molecule has 0 saturated carbocycles. The first kappa shape index (κ1) is 20.6. The second-order valence-corrected chi connectivity index (χ2v) is 8.87. The predicted octanol–water partition coefficient (Wildman–Crippen LogP) is 3.85. The summed E-state index contributed by atoms with van der Waals surface area (Å²) in [6.45, 7) is 0. The molecule has 0 spiro atoms. The monoisotopic (exact) mass is 435 g/mol. The first-order valence-corrected chi connectivity index (χ1v) is 11.0. The summed E-state index contributed by atoms with van der Waals surface area (Å²) in [6.07, 6.45) is 0.779. The Morgan fingerprint density at radius 1 is 1.03 bits per heavy atom. The molecule has 31 heavy (non-hydrogen) atoms. The van der Waals surface area contributed by atoms with Gasteiger partial charge in [0.15, 0.2) is 0 Å². The Labute approximate surface area is 179 Å². The molecule has 1 heterocycles. The second kappa shape index (κ2) is 8.20. The number of halogens is 1. The molecule has 6 nitrogen and oxygen atoms in total. The molecule has 156 valence electrons. The van der Waals surface area contributed by atoms with Gasteiger partial charge >= 0.3 is 0 Å². The number of benzene rings is 3. The lowest BCUT2D eigenvalue weighted by molar-refractivity contribution is -0.117. The molecular formula is C23H18FN3O3S. The fourth-order valence-electron chi connectivity index (χ4n) is 3.70. The summed E-state index contributed by atoms with van der Waals surface area (Å²) >= 11 is 0. The molecule has 1 aliphatic heterocycles. The van der Waals surface area contributed by atoms with Crippen molar-refractivity contribution < 1.29 is 17.6 Å². The van der Waals surface area contributed by atoms with Crippen LogP contribution in [0.4, 0.5) is 15.8 Å². The van der Waals surface area contributed by atoms with Crippen molar-refractivity contribution in [3.63, 3.8) is 0 Å². The third kappa shape index (κ3) is 3.88. The highest BCUT2D eigenvalue weighted by Crippen LogP contribution is 2.36. The molecule has 1 N–H and O–H groups in total. The van der Waals surface area contributed by atoms with Crippen LogP contribution in [0, 0.1) is 17.1 Å². The summed E-state index contributed by atoms with van der Waals surface area (Å²) in [5, 5.41) is 12.1. The Morgan fingerprint density at radius 2 is 1.71 bits per heavy atom. The lowest BCUT2D eigenvalue weighted by Gasteiger charge is -2.37. The maximum atomic E-state index is 13.7. The van der Waals surface area contributed by atoms with E-state index < -0.39 is 27.8 Å². The van der Waals surface area contributed by atoms with Crippen LogP contribution in [0.3, 0.4) is 0 Å². The number of hydrogen-bond donors (Lipinski definition) is 1. The Morgan fingerprint density at radius 3 is 2.45 bits per heavy atom. The van der Waals surface area contributed by atoms with Gasteiger partial charge in [-0.15, -0.1) is 0 Å². The molecule has 0 radical (unpaired) electrons. The Kier molecular flexibility index (Phi) is 5.44. The molecule has 0 aromatic heterocycles. The van der Waals surface area contributed by atoms with Crippen LogP contribution in [0.2, 0.25) is 0 Å². The standard InChI is InChI=1S/C23H18FN3O3S/c24-18-10-12-19(13-11-18)26-23(28)21-14-9-16-5-1-3-7-20(16)27(21)31(29,30)22-8-4-2-6-17(22)15-25/h1-8,10-13,21H,9,14H2,(H,26,28). The highest BCUT2D eigenvalue weighted by atomic mass is 32.2. The first-order chi connectivity index (χ1) is 14.9. The van der Waals surface area contributed by atoms with Gasteiger partial charge < -0.3 is 5.32 Å². The van der Waals surface area contributed by atoms with Crippen LogP contribution in [0.15, 0.2) is 77.7 Å². The molecule has 1 unspecified atom stereocenters. The molecule has 3 aromatic rings. The lowest BCUT2D eigenvalue weighted by atomic mass is 9.97. The van der Waals surface area contributed by atoms with Gasteiger partial charge in [0.25, 0.3) is 10.0 Å². The van der Waals surface area contributed by atoms with Gasteiger partial charge in [0.05, 0.1) is 11.3 Å². The van der Waals surface area contributed by atoms with E-state index in [0.29, 0.717) is 17.8 Å². The number of carbonyl (C=O) groups is 1. The second-order valence-electron chi connectivity index (χ2n) is 7.09. The largest absolute Gasteiger partial charge is 0.324 e. The number of nitrogens with zero attached hydrogens (tertiary/aromatic N) is 2. The molecule has 1 amide bonds. The number of nitriles is 1. The average Bonchev–Trinajstić information content (AvgIpc) is 2.79. The lowest BCUT2D eigenvalue weighted by Crippen LogP contribution is -2.50. The minimum absolute atomic E-state index is 0.00301. The van der Waals surface area contributed by atoms with E-state index in [0.717, 1.165) is 9.87 Å². The summed E-state index contributed by atoms with van der Waals surface area (Å²) in [5.74, 6) is -0.971. The van der Waals surface area contributed by atoms with Gasteiger partial charge in [0.2, 0.25) is 5.91 Å². The number of aryl methyl sites for hydroxylation is 1. The molecule has 1 aliphatic rings. The topological polar surface area (TPSA) is 90.3 Å². The summed E-state index contributed by atoms with van der Waals surface area (Å²) < 4.78 is 41.7. The first-order valence-electron chi connectivity index (χ1n) is 9.60. The van der Waals surface area contributed by atoms with Crippen LogP contribution in [-0.2, 0) is 21.2 Å². The van der Waals surface area contributed by atoms with E-state index in [1.54, 1.807) is 18.2 Å². The quantitative estimate of drug-likeness (QED) is 0.674. The third-order valence-corrected chi connectivity index (χ3v) is 7.04. The van der Waals surface area contributed by atoms with Crippen molar-refractivity contribution in [3.05, 3.63) is 89.7 Å². The third-order valence-electron chi connectivity index (χ3n) is 5.16. The van der Waals surface area contributed by atoms with E-state index in [2.05, 4.69) is 5.32 Å². The van der Waals surface area contributed by atoms with Gasteiger partial charge in [0, 0.05) is 5.69 Å². The minimum atomic E-state index is -4.22. The number of fused-ring (bicyclic) bond motifs is 1. The van der Waals surface area contributed by atoms with Gasteiger partial charge in [-0.25, -0.2) is 12.8 Å². The highest BCUT2D eigenvalue weighted by Gasteiger charge is 2.40. The van der Waals surface area contributed by atoms with Crippen molar-refractivity contribution in [1.82, 2.24) is 0 Å². The molecule has 1 atom stereocenters. The van der Waals surface area contributed by atoms with Gasteiger partial charge in [-0.1, -0.05) is 30.3 Å². The van der Waals surface area contributed by atoms with Gasteiger partial charge in [-0.3, -0.25) is 9.10 Å². The van der Waals surface area contributed by atoms with Crippen LogP contribution in [0.25, 0.3) is 0 Å². The Bertz CT molecular complexity index is 1280. The minimum Gasteiger partial charge on any atom is -0.324 e. The van der Waals surface area contributed by atoms with E-state index in [4.69, 9.17) is 0 Å². The van der Waals surface area contributed by atoms with E-state index in [1.165, 1.54) is 42.5 Å². The zero-order valence-electron chi connectivity index (χ0n) is 16.3. The molecule has 0 bridgehead atoms. The fraction of sp³-hybridized carbons (Fsp3) is 0.130. The van der Waals surface area contributed by atoms with Crippen molar-refractivity contribution >= 4 is 27.3 Å². The van der Waals surface area contributed by atoms with Crippen LogP contribution < -0.4 is 9.62 Å². The molecule has 0 aliphatic carbocycles. The summed E-state index contributed by atoms with van der Waals surface area (Å²) in [6, 6.07) is 19.0. The van der Waals surface area contributed by atoms with Crippen LogP contribution >= 0.6 is 0 Å². The molecule has 3 aromatic carbocycles. The zero-order chi connectivity index (χ0) is 22.0. The maximum absolute atomic E-state index is 13.7. The van der Waals surface area contributed by atoms with Gasteiger partial charge in [0.1, 0.15) is 22.8 Å². The maximum Gasteiger partial charge on any atom is 0.266 e. The number of amides is 1. The SMILES string of the molecule is N#Cc1ccccc1S(=O)(=O)N1c2ccccc2CCC1C(=O)Nc1ccc(F)cc1. The number of sulfonamides is 1. The van der Waals surface area contributed by atoms with Gasteiger partial charge in [-0.2, -0.15) is 5.26 Å². The number of anilines is 2. The normalized spacial score (nSPS) is 15.6. The van der Waals surface area contributed by atoms with E-state index in [1.807, 2.05) is 18.2 Å². The van der Waals surface area contributed by atoms with Crippen molar-refractivity contribution in [1.29, 1.82) is 5.26 Å². The molecule has 0 saturated heterocycles. The average molecular weight is 435 g/mol. The zero-order valence-corrected chi connectivity index (χ0v) is 17.1. The smallest absolute Gasteiger partial charge is 0.266 e. The van der Waals surface area contributed by atoms with E-state index in [9.17, 15) is 22.9 Å². The number of para-hydroxylation sites is 1. The van der Waals surface area contributed by atoms with Gasteiger partial charge in [-0.05, 0) is 60.9 Å². The highest BCUT2D eigenvalue weighted by molar-refractivity contribution is 7.93. The fourth-order valence-corrected chi connectivity index (χ4v) is 5.53. The van der Waals surface area contributed by atoms with Crippen molar-refractivity contribution in [2.24, 2.45) is 0 Å². The van der Waals surface area contributed by atoms with Crippen molar-refractivity contribution in [2.75, 3.05) is 9.62 Å². The van der Waals surface area contributed by atoms with E-state index >= 15 is 0 Å². The number of carbonyl (C=O) groups excluding carboxylic acids is 1. The Hall–Kier alpha value is -3.70. The number of hydrogen-bond acceptors (Lipinski definition) is 4. The molecule has 0 fully saturated rings. The summed E-state index contributed by atoms with van der Waals surface area (Å²) in [5.41, 5.74) is 1.57.